The molecule has 5 rings (SSSR count). The lowest BCUT2D eigenvalue weighted by Crippen LogP contribution is -2.48. The second-order valence-electron chi connectivity index (χ2n) is 9.60. The normalized spacial score (nSPS) is 25.4. The van der Waals surface area contributed by atoms with E-state index in [9.17, 15) is 19.5 Å². The smallest absolute Gasteiger partial charge is 0.407 e. The van der Waals surface area contributed by atoms with Crippen molar-refractivity contribution in [2.45, 2.75) is 56.5 Å². The summed E-state index contributed by atoms with van der Waals surface area (Å²) < 4.78 is 5.65. The molecule has 34 heavy (non-hydrogen) atoms. The fourth-order valence-electron chi connectivity index (χ4n) is 5.96. The lowest BCUT2D eigenvalue weighted by atomic mass is 9.98. The summed E-state index contributed by atoms with van der Waals surface area (Å²) in [5, 5.41) is 15.2. The van der Waals surface area contributed by atoms with Gasteiger partial charge in [-0.3, -0.25) is 9.59 Å². The third-order valence-electron chi connectivity index (χ3n) is 7.66. The number of hydrogen-bond acceptors (Lipinski definition) is 4. The van der Waals surface area contributed by atoms with Crippen molar-refractivity contribution in [1.29, 1.82) is 0 Å². The van der Waals surface area contributed by atoms with E-state index in [-0.39, 0.29) is 36.4 Å². The van der Waals surface area contributed by atoms with Gasteiger partial charge in [0, 0.05) is 18.0 Å². The van der Waals surface area contributed by atoms with Crippen LogP contribution in [0.5, 0.6) is 0 Å². The number of rotatable bonds is 6. The molecular weight excluding hydrogens is 432 g/mol. The molecule has 3 aliphatic rings. The highest BCUT2D eigenvalue weighted by atomic mass is 16.5. The fourth-order valence-corrected chi connectivity index (χ4v) is 5.96. The number of alkyl carbamates (subject to hydrolysis) is 1. The minimum atomic E-state index is -0.859. The predicted molar refractivity (Wildman–Crippen MR) is 126 cm³/mol. The van der Waals surface area contributed by atoms with Crippen LogP contribution in [0.4, 0.5) is 4.79 Å². The topological polar surface area (TPSA) is 105 Å². The van der Waals surface area contributed by atoms with Gasteiger partial charge in [0.15, 0.2) is 0 Å². The molecular formula is C27H30N2O5. The summed E-state index contributed by atoms with van der Waals surface area (Å²) in [7, 11) is 0. The van der Waals surface area contributed by atoms with Crippen LogP contribution >= 0.6 is 0 Å². The fraction of sp³-hybridized carbons (Fsp3) is 0.444. The maximum atomic E-state index is 12.9. The molecule has 0 aromatic heterocycles. The molecule has 178 valence electrons. The van der Waals surface area contributed by atoms with Crippen molar-refractivity contribution in [3.8, 4) is 11.1 Å². The molecule has 4 atom stereocenters. The number of nitrogens with one attached hydrogen (secondary N) is 2. The second-order valence-corrected chi connectivity index (χ2v) is 9.60. The van der Waals surface area contributed by atoms with E-state index in [1.807, 2.05) is 24.3 Å². The first-order valence-corrected chi connectivity index (χ1v) is 12.2. The zero-order valence-corrected chi connectivity index (χ0v) is 19.0. The largest absolute Gasteiger partial charge is 0.481 e. The Morgan fingerprint density at radius 1 is 0.794 bits per heavy atom. The zero-order chi connectivity index (χ0) is 23.7. The van der Waals surface area contributed by atoms with Gasteiger partial charge in [-0.05, 0) is 47.9 Å². The molecule has 2 fully saturated rings. The van der Waals surface area contributed by atoms with Gasteiger partial charge < -0.3 is 20.5 Å². The van der Waals surface area contributed by atoms with Crippen molar-refractivity contribution in [1.82, 2.24) is 10.6 Å². The molecule has 2 unspecified atom stereocenters. The number of benzene rings is 2. The Morgan fingerprint density at radius 3 is 1.97 bits per heavy atom. The Bertz CT molecular complexity index is 1050. The second kappa shape index (κ2) is 9.49. The van der Waals surface area contributed by atoms with E-state index in [4.69, 9.17) is 4.74 Å². The molecule has 2 saturated carbocycles. The summed E-state index contributed by atoms with van der Waals surface area (Å²) >= 11 is 0. The number of carboxylic acid groups (broad SMARTS) is 1. The molecule has 2 aromatic carbocycles. The lowest BCUT2D eigenvalue weighted by molar-refractivity contribution is -0.142. The van der Waals surface area contributed by atoms with Gasteiger partial charge in [-0.15, -0.1) is 0 Å². The highest BCUT2D eigenvalue weighted by molar-refractivity contribution is 5.82. The summed E-state index contributed by atoms with van der Waals surface area (Å²) in [6, 6.07) is 15.7. The summed E-state index contributed by atoms with van der Waals surface area (Å²) in [6.45, 7) is 0.228. The van der Waals surface area contributed by atoms with Crippen molar-refractivity contribution in [2.75, 3.05) is 6.61 Å². The van der Waals surface area contributed by atoms with Crippen LogP contribution in [0, 0.1) is 11.8 Å². The predicted octanol–water partition coefficient (Wildman–Crippen LogP) is 4.06. The molecule has 7 heteroatoms. The number of carboxylic acids is 1. The van der Waals surface area contributed by atoms with Gasteiger partial charge in [0.05, 0.1) is 11.8 Å². The summed E-state index contributed by atoms with van der Waals surface area (Å²) in [5.74, 6) is -1.94. The van der Waals surface area contributed by atoms with Crippen LogP contribution in [0.15, 0.2) is 48.5 Å². The average Bonchev–Trinajstić information content (AvgIpc) is 3.55. The first-order chi connectivity index (χ1) is 16.5. The minimum Gasteiger partial charge on any atom is -0.481 e. The molecule has 0 aliphatic heterocycles. The van der Waals surface area contributed by atoms with Gasteiger partial charge >= 0.3 is 12.1 Å². The Balaban J connectivity index is 1.19. The van der Waals surface area contributed by atoms with Crippen LogP contribution in [0.1, 0.15) is 55.6 Å². The van der Waals surface area contributed by atoms with Crippen LogP contribution < -0.4 is 10.6 Å². The molecule has 0 bridgehead atoms. The van der Waals surface area contributed by atoms with Crippen LogP contribution in [0.3, 0.4) is 0 Å². The third-order valence-corrected chi connectivity index (χ3v) is 7.66. The van der Waals surface area contributed by atoms with Crippen LogP contribution in [0.25, 0.3) is 11.1 Å². The third kappa shape index (κ3) is 4.27. The number of hydrogen-bond donors (Lipinski definition) is 3. The highest BCUT2D eigenvalue weighted by Crippen LogP contribution is 2.44. The molecule has 7 nitrogen and oxygen atoms in total. The van der Waals surface area contributed by atoms with Gasteiger partial charge in [-0.2, -0.15) is 0 Å². The summed E-state index contributed by atoms with van der Waals surface area (Å²) in [4.78, 5) is 37.0. The number of carbonyl (C=O) groups is 3. The molecule has 0 spiro atoms. The number of ether oxygens (including phenoxy) is 1. The Kier molecular flexibility index (Phi) is 6.26. The van der Waals surface area contributed by atoms with Crippen molar-refractivity contribution in [3.05, 3.63) is 59.7 Å². The summed E-state index contributed by atoms with van der Waals surface area (Å²) in [6.07, 6.45) is 3.76. The van der Waals surface area contributed by atoms with Gasteiger partial charge in [0.25, 0.3) is 0 Å². The van der Waals surface area contributed by atoms with E-state index in [0.29, 0.717) is 25.7 Å². The van der Waals surface area contributed by atoms with Crippen LogP contribution in [-0.4, -0.2) is 41.8 Å². The lowest BCUT2D eigenvalue weighted by Gasteiger charge is -2.24. The van der Waals surface area contributed by atoms with E-state index in [2.05, 4.69) is 34.9 Å². The monoisotopic (exact) mass is 462 g/mol. The van der Waals surface area contributed by atoms with Crippen molar-refractivity contribution < 1.29 is 24.2 Å². The van der Waals surface area contributed by atoms with Crippen molar-refractivity contribution in [2.24, 2.45) is 11.8 Å². The number of aliphatic carboxylic acids is 1. The quantitative estimate of drug-likeness (QED) is 0.600. The van der Waals surface area contributed by atoms with Gasteiger partial charge in [-0.25, -0.2) is 4.79 Å². The molecule has 2 amide bonds. The van der Waals surface area contributed by atoms with E-state index in [1.54, 1.807) is 0 Å². The van der Waals surface area contributed by atoms with Crippen molar-refractivity contribution >= 4 is 18.0 Å². The van der Waals surface area contributed by atoms with Gasteiger partial charge in [0.1, 0.15) is 6.61 Å². The summed E-state index contributed by atoms with van der Waals surface area (Å²) in [5.41, 5.74) is 4.65. The SMILES string of the molecule is O=C(N[C@@H]1CCC[C@@H]1C(=O)NC1CCCC1C(=O)O)OCC1c2ccccc2-c2ccccc21. The maximum absolute atomic E-state index is 12.9. The van der Waals surface area contributed by atoms with Crippen LogP contribution in [-0.2, 0) is 14.3 Å². The standard InChI is InChI=1S/C27H30N2O5/c30-25(28-24-14-6-12-21(24)26(31)32)20-11-5-13-23(20)29-27(33)34-15-22-18-9-3-1-7-16(18)17-8-2-4-10-19(17)22/h1-4,7-10,20-24H,5-6,11-15H2,(H,28,30)(H,29,33)(H,31,32)/t20-,21?,23+,24?/m0/s1. The first-order valence-electron chi connectivity index (χ1n) is 12.2. The molecule has 2 aromatic rings. The number of fused-ring (bicyclic) bond motifs is 3. The Morgan fingerprint density at radius 2 is 1.35 bits per heavy atom. The maximum Gasteiger partial charge on any atom is 0.407 e. The number of amides is 2. The zero-order valence-electron chi connectivity index (χ0n) is 19.0. The average molecular weight is 463 g/mol. The van der Waals surface area contributed by atoms with E-state index >= 15 is 0 Å². The molecule has 0 saturated heterocycles. The van der Waals surface area contributed by atoms with Crippen LogP contribution in [0.2, 0.25) is 0 Å². The Hall–Kier alpha value is -3.35. The molecule has 3 aliphatic carbocycles. The van der Waals surface area contributed by atoms with Gasteiger partial charge in [-0.1, -0.05) is 61.4 Å². The van der Waals surface area contributed by atoms with E-state index in [0.717, 1.165) is 24.0 Å². The molecule has 0 heterocycles. The highest BCUT2D eigenvalue weighted by Gasteiger charge is 2.39. The van der Waals surface area contributed by atoms with E-state index < -0.39 is 18.0 Å². The molecule has 3 N–H and O–H groups in total. The first kappa shape index (κ1) is 22.4. The Labute approximate surface area is 198 Å². The van der Waals surface area contributed by atoms with E-state index in [1.165, 1.54) is 11.1 Å². The van der Waals surface area contributed by atoms with Gasteiger partial charge in [0.2, 0.25) is 5.91 Å². The number of carbonyl (C=O) groups excluding carboxylic acids is 2. The molecule has 0 radical (unpaired) electrons. The minimum absolute atomic E-state index is 0.0175. The van der Waals surface area contributed by atoms with Crippen molar-refractivity contribution in [3.63, 3.8) is 0 Å².